The first-order valence-corrected chi connectivity index (χ1v) is 12.8. The maximum atomic E-state index is 12.0. The summed E-state index contributed by atoms with van der Waals surface area (Å²) in [6, 6.07) is 5.83. The van der Waals surface area contributed by atoms with E-state index >= 15 is 0 Å². The van der Waals surface area contributed by atoms with Crippen molar-refractivity contribution in [1.82, 2.24) is 5.32 Å². The third-order valence-corrected chi connectivity index (χ3v) is 8.43. The molecule has 0 spiro atoms. The molecule has 4 N–H and O–H groups in total. The maximum absolute atomic E-state index is 12.0. The standard InChI is InChI=1S/C27H42N2O4/c1-4-27(5-2)22-16-20(25(28)30)12-11-19(22)17-23(33-3)24(27)29-14-13-21(26(31)32)15-18-9-7-6-8-10-18/h11-12,16,18,21,23-24,29H,4-10,13-15,17H2,1-3H3,(H2,28,30)(H,31,32)/t21-,23-,24-/m1/s1. The van der Waals surface area contributed by atoms with E-state index in [1.807, 2.05) is 12.1 Å². The molecule has 0 bridgehead atoms. The molecule has 0 aromatic heterocycles. The second-order valence-corrected chi connectivity index (χ2v) is 10.1. The van der Waals surface area contributed by atoms with Crippen LogP contribution in [0.5, 0.6) is 0 Å². The Morgan fingerprint density at radius 2 is 1.91 bits per heavy atom. The first kappa shape index (κ1) is 25.7. The molecule has 2 aliphatic rings. The van der Waals surface area contributed by atoms with Crippen LogP contribution in [0.15, 0.2) is 18.2 Å². The van der Waals surface area contributed by atoms with Gasteiger partial charge in [-0.1, -0.05) is 52.0 Å². The molecule has 1 aromatic carbocycles. The third-order valence-electron chi connectivity index (χ3n) is 8.43. The van der Waals surface area contributed by atoms with E-state index in [2.05, 4.69) is 19.2 Å². The van der Waals surface area contributed by atoms with Crippen molar-refractivity contribution in [2.24, 2.45) is 17.6 Å². The summed E-state index contributed by atoms with van der Waals surface area (Å²) in [5.74, 6) is -0.852. The van der Waals surface area contributed by atoms with E-state index in [1.54, 1.807) is 13.2 Å². The van der Waals surface area contributed by atoms with E-state index in [4.69, 9.17) is 10.5 Å². The molecular weight excluding hydrogens is 416 g/mol. The van der Waals surface area contributed by atoms with Gasteiger partial charge in [0.1, 0.15) is 0 Å². The quantitative estimate of drug-likeness (QED) is 0.455. The Bertz CT molecular complexity index is 814. The van der Waals surface area contributed by atoms with Gasteiger partial charge >= 0.3 is 5.97 Å². The third kappa shape index (κ3) is 5.60. The Morgan fingerprint density at radius 1 is 1.21 bits per heavy atom. The van der Waals surface area contributed by atoms with Crippen LogP contribution < -0.4 is 11.1 Å². The summed E-state index contributed by atoms with van der Waals surface area (Å²) >= 11 is 0. The van der Waals surface area contributed by atoms with Crippen LogP contribution in [0.3, 0.4) is 0 Å². The van der Waals surface area contributed by atoms with Gasteiger partial charge in [-0.2, -0.15) is 0 Å². The average molecular weight is 459 g/mol. The fourth-order valence-corrected chi connectivity index (χ4v) is 6.43. The number of fused-ring (bicyclic) bond motifs is 1. The summed E-state index contributed by atoms with van der Waals surface area (Å²) in [5.41, 5.74) is 8.29. The molecule has 0 unspecified atom stereocenters. The van der Waals surface area contributed by atoms with Gasteiger partial charge in [0.05, 0.1) is 12.0 Å². The van der Waals surface area contributed by atoms with E-state index in [0.29, 0.717) is 24.4 Å². The van der Waals surface area contributed by atoms with Gasteiger partial charge in [0.25, 0.3) is 0 Å². The van der Waals surface area contributed by atoms with Crippen molar-refractivity contribution in [3.8, 4) is 0 Å². The number of amides is 1. The molecule has 1 amide bonds. The van der Waals surface area contributed by atoms with Crippen LogP contribution in [0.1, 0.15) is 93.1 Å². The van der Waals surface area contributed by atoms with E-state index in [-0.39, 0.29) is 23.5 Å². The molecule has 184 valence electrons. The van der Waals surface area contributed by atoms with Gasteiger partial charge in [0.15, 0.2) is 0 Å². The number of methoxy groups -OCH3 is 1. The normalized spacial score (nSPS) is 23.6. The van der Waals surface area contributed by atoms with Gasteiger partial charge in [0.2, 0.25) is 5.91 Å². The fraction of sp³-hybridized carbons (Fsp3) is 0.704. The summed E-state index contributed by atoms with van der Waals surface area (Å²) < 4.78 is 5.95. The van der Waals surface area contributed by atoms with Gasteiger partial charge in [-0.05, 0) is 61.4 Å². The van der Waals surface area contributed by atoms with Gasteiger partial charge in [0, 0.05) is 30.6 Å². The number of aliphatic carboxylic acids is 1. The van der Waals surface area contributed by atoms with E-state index < -0.39 is 11.9 Å². The number of carboxylic acids is 1. The van der Waals surface area contributed by atoms with E-state index in [0.717, 1.165) is 25.7 Å². The van der Waals surface area contributed by atoms with Crippen molar-refractivity contribution < 1.29 is 19.4 Å². The first-order valence-electron chi connectivity index (χ1n) is 12.8. The zero-order valence-electron chi connectivity index (χ0n) is 20.6. The molecule has 2 aliphatic carbocycles. The number of nitrogens with two attached hydrogens (primary N) is 1. The van der Waals surface area contributed by atoms with Crippen LogP contribution in [0.4, 0.5) is 0 Å². The van der Waals surface area contributed by atoms with Crippen LogP contribution >= 0.6 is 0 Å². The van der Waals surface area contributed by atoms with Gasteiger partial charge in [-0.25, -0.2) is 0 Å². The minimum atomic E-state index is -0.678. The Hall–Kier alpha value is -1.92. The average Bonchev–Trinajstić information content (AvgIpc) is 2.83. The summed E-state index contributed by atoms with van der Waals surface area (Å²) in [4.78, 5) is 23.9. The van der Waals surface area contributed by atoms with E-state index in [1.165, 1.54) is 43.2 Å². The molecule has 0 heterocycles. The largest absolute Gasteiger partial charge is 0.481 e. The van der Waals surface area contributed by atoms with Crippen molar-refractivity contribution in [2.75, 3.05) is 13.7 Å². The van der Waals surface area contributed by atoms with Crippen LogP contribution in [0.25, 0.3) is 0 Å². The number of carboxylic acid groups (broad SMARTS) is 1. The number of rotatable bonds is 11. The van der Waals surface area contributed by atoms with Crippen molar-refractivity contribution in [2.45, 2.75) is 95.6 Å². The monoisotopic (exact) mass is 458 g/mol. The Morgan fingerprint density at radius 3 is 2.48 bits per heavy atom. The molecule has 6 nitrogen and oxygen atoms in total. The molecule has 1 aromatic rings. The van der Waals surface area contributed by atoms with Crippen molar-refractivity contribution in [1.29, 1.82) is 0 Å². The molecule has 3 rings (SSSR count). The number of hydrogen-bond acceptors (Lipinski definition) is 4. The summed E-state index contributed by atoms with van der Waals surface area (Å²) in [7, 11) is 1.75. The number of hydrogen-bond donors (Lipinski definition) is 3. The highest BCUT2D eigenvalue weighted by atomic mass is 16.5. The molecular formula is C27H42N2O4. The number of nitrogens with one attached hydrogen (secondary N) is 1. The second-order valence-electron chi connectivity index (χ2n) is 10.1. The van der Waals surface area contributed by atoms with Crippen LogP contribution in [-0.4, -0.2) is 42.8 Å². The smallest absolute Gasteiger partial charge is 0.306 e. The summed E-state index contributed by atoms with van der Waals surface area (Å²) in [6.45, 7) is 5.00. The molecule has 6 heteroatoms. The lowest BCUT2D eigenvalue weighted by Crippen LogP contribution is -2.59. The minimum Gasteiger partial charge on any atom is -0.481 e. The van der Waals surface area contributed by atoms with Crippen molar-refractivity contribution in [3.63, 3.8) is 0 Å². The number of primary amides is 1. The van der Waals surface area contributed by atoms with E-state index in [9.17, 15) is 14.7 Å². The van der Waals surface area contributed by atoms with Crippen LogP contribution in [-0.2, 0) is 21.4 Å². The first-order chi connectivity index (χ1) is 15.9. The lowest BCUT2D eigenvalue weighted by molar-refractivity contribution is -0.142. The predicted octanol–water partition coefficient (Wildman–Crippen LogP) is 4.43. The zero-order chi connectivity index (χ0) is 24.0. The Balaban J connectivity index is 1.78. The summed E-state index contributed by atoms with van der Waals surface area (Å²) in [6.07, 6.45) is 10.0. The number of carbonyl (C=O) groups is 2. The SMILES string of the molecule is CCC1(CC)c2cc(C(N)=O)ccc2C[C@@H](OC)[C@H]1NCC[C@H](CC1CCCCC1)C(=O)O. The highest BCUT2D eigenvalue weighted by molar-refractivity contribution is 5.93. The topological polar surface area (TPSA) is 102 Å². The van der Waals surface area contributed by atoms with Crippen molar-refractivity contribution in [3.05, 3.63) is 34.9 Å². The molecule has 0 saturated heterocycles. The summed E-state index contributed by atoms with van der Waals surface area (Å²) in [5, 5.41) is 13.6. The van der Waals surface area contributed by atoms with Crippen LogP contribution in [0.2, 0.25) is 0 Å². The highest BCUT2D eigenvalue weighted by Gasteiger charge is 2.46. The number of benzene rings is 1. The molecule has 33 heavy (non-hydrogen) atoms. The molecule has 3 atom stereocenters. The fourth-order valence-electron chi connectivity index (χ4n) is 6.43. The van der Waals surface area contributed by atoms with Gasteiger partial charge < -0.3 is 20.9 Å². The molecule has 1 saturated carbocycles. The van der Waals surface area contributed by atoms with Gasteiger partial charge in [-0.3, -0.25) is 9.59 Å². The van der Waals surface area contributed by atoms with Crippen molar-refractivity contribution >= 4 is 11.9 Å². The lowest BCUT2D eigenvalue weighted by Gasteiger charge is -2.49. The lowest BCUT2D eigenvalue weighted by atomic mass is 9.62. The maximum Gasteiger partial charge on any atom is 0.306 e. The number of carbonyl (C=O) groups excluding carboxylic acids is 1. The Labute approximate surface area is 198 Å². The second kappa shape index (κ2) is 11.5. The molecule has 0 aliphatic heterocycles. The Kier molecular flexibility index (Phi) is 8.94. The molecule has 0 radical (unpaired) electrons. The molecule has 1 fully saturated rings. The van der Waals surface area contributed by atoms with Crippen LogP contribution in [0, 0.1) is 11.8 Å². The predicted molar refractivity (Wildman–Crippen MR) is 130 cm³/mol. The zero-order valence-corrected chi connectivity index (χ0v) is 20.6. The highest BCUT2D eigenvalue weighted by Crippen LogP contribution is 2.44. The number of ether oxygens (including phenoxy) is 1. The minimum absolute atomic E-state index is 0.0153. The van der Waals surface area contributed by atoms with Gasteiger partial charge in [-0.15, -0.1) is 0 Å².